The number of aromatic nitrogens is 4. The number of nitrogens with zero attached hydrogens (tertiary/aromatic N) is 5. The number of carbonyl (C=O) groups excluding carboxylic acids is 1. The Morgan fingerprint density at radius 1 is 0.971 bits per heavy atom. The Morgan fingerprint density at radius 3 is 2.38 bits per heavy atom. The molecule has 0 spiro atoms. The van der Waals surface area contributed by atoms with Crippen molar-refractivity contribution in [3.63, 3.8) is 0 Å². The first-order valence-electron chi connectivity index (χ1n) is 11.5. The van der Waals surface area contributed by atoms with Crippen LogP contribution in [0.15, 0.2) is 67.3 Å². The average Bonchev–Trinajstić information content (AvgIpc) is 3.44. The van der Waals surface area contributed by atoms with Crippen LogP contribution < -0.4 is 0 Å². The molecule has 0 N–H and O–H groups in total. The van der Waals surface area contributed by atoms with Crippen molar-refractivity contribution < 1.29 is 9.53 Å². The van der Waals surface area contributed by atoms with E-state index < -0.39 is 5.60 Å². The van der Waals surface area contributed by atoms with Gasteiger partial charge in [-0.3, -0.25) is 4.68 Å². The van der Waals surface area contributed by atoms with Crippen LogP contribution >= 0.6 is 0 Å². The van der Waals surface area contributed by atoms with Crippen LogP contribution in [0.4, 0.5) is 4.79 Å². The fourth-order valence-electron chi connectivity index (χ4n) is 4.33. The normalized spacial score (nSPS) is 14.4. The Labute approximate surface area is 199 Å². The Hall–Kier alpha value is -3.87. The molecule has 174 valence electrons. The zero-order valence-corrected chi connectivity index (χ0v) is 20.0. The first-order chi connectivity index (χ1) is 16.3. The lowest BCUT2D eigenvalue weighted by atomic mass is 9.95. The van der Waals surface area contributed by atoms with Crippen molar-refractivity contribution in [3.8, 4) is 22.3 Å². The molecule has 4 aromatic rings. The van der Waals surface area contributed by atoms with E-state index in [0.717, 1.165) is 39.8 Å². The number of ether oxygens (including phenoxy) is 1. The smallest absolute Gasteiger partial charge is 0.410 e. The maximum absolute atomic E-state index is 12.5. The van der Waals surface area contributed by atoms with Crippen molar-refractivity contribution in [2.75, 3.05) is 13.1 Å². The third-order valence-electron chi connectivity index (χ3n) is 5.98. The summed E-state index contributed by atoms with van der Waals surface area (Å²) in [5.74, 6) is 0. The molecule has 5 rings (SSSR count). The minimum Gasteiger partial charge on any atom is -0.444 e. The molecule has 3 aromatic heterocycles. The first-order valence-corrected chi connectivity index (χ1v) is 11.5. The molecule has 34 heavy (non-hydrogen) atoms. The lowest BCUT2D eigenvalue weighted by molar-refractivity contribution is 0.0270. The summed E-state index contributed by atoms with van der Waals surface area (Å²) < 4.78 is 9.27. The molecule has 0 bridgehead atoms. The molecule has 1 amide bonds. The van der Waals surface area contributed by atoms with E-state index in [9.17, 15) is 4.79 Å². The second kappa shape index (κ2) is 8.48. The fourth-order valence-corrected chi connectivity index (χ4v) is 4.33. The number of fused-ring (bicyclic) bond motifs is 1. The van der Waals surface area contributed by atoms with Crippen LogP contribution in [0, 0.1) is 0 Å². The lowest BCUT2D eigenvalue weighted by Crippen LogP contribution is -2.39. The van der Waals surface area contributed by atoms with Gasteiger partial charge in [-0.1, -0.05) is 36.4 Å². The van der Waals surface area contributed by atoms with E-state index in [-0.39, 0.29) is 6.09 Å². The standard InChI is InChI=1S/C27H29N5O2/c1-27(2,3)34-26(33)31-14-11-21(12-15-31)23-6-5-13-32-25(23)24(17-29-32)20-9-7-19(8-10-20)22-16-28-30(4)18-22/h5-11,13,16-18H,12,14-15H2,1-4H3. The second-order valence-corrected chi connectivity index (χ2v) is 9.66. The molecular weight excluding hydrogens is 426 g/mol. The molecular formula is C27H29N5O2. The molecule has 0 radical (unpaired) electrons. The first kappa shape index (κ1) is 21.9. The van der Waals surface area contributed by atoms with Gasteiger partial charge in [-0.15, -0.1) is 0 Å². The number of rotatable bonds is 3. The molecule has 0 unspecified atom stereocenters. The summed E-state index contributed by atoms with van der Waals surface area (Å²) in [5.41, 5.74) is 7.38. The third kappa shape index (κ3) is 4.33. The minimum atomic E-state index is -0.494. The quantitative estimate of drug-likeness (QED) is 0.413. The van der Waals surface area contributed by atoms with E-state index in [0.29, 0.717) is 13.1 Å². The number of hydrogen-bond donors (Lipinski definition) is 0. The topological polar surface area (TPSA) is 64.7 Å². The summed E-state index contributed by atoms with van der Waals surface area (Å²) in [6, 6.07) is 12.7. The highest BCUT2D eigenvalue weighted by Gasteiger charge is 2.25. The summed E-state index contributed by atoms with van der Waals surface area (Å²) in [4.78, 5) is 14.2. The van der Waals surface area contributed by atoms with Gasteiger partial charge in [0.2, 0.25) is 0 Å². The highest BCUT2D eigenvalue weighted by molar-refractivity contribution is 5.91. The van der Waals surface area contributed by atoms with Crippen LogP contribution in [0.25, 0.3) is 33.3 Å². The van der Waals surface area contributed by atoms with E-state index >= 15 is 0 Å². The maximum Gasteiger partial charge on any atom is 0.410 e. The molecule has 0 aliphatic carbocycles. The van der Waals surface area contributed by atoms with Gasteiger partial charge < -0.3 is 9.64 Å². The monoisotopic (exact) mass is 455 g/mol. The number of benzene rings is 1. The van der Waals surface area contributed by atoms with Gasteiger partial charge in [0.05, 0.1) is 17.9 Å². The van der Waals surface area contributed by atoms with Gasteiger partial charge in [0, 0.05) is 49.2 Å². The summed E-state index contributed by atoms with van der Waals surface area (Å²) in [6.45, 7) is 6.84. The van der Waals surface area contributed by atoms with Crippen LogP contribution in [0.2, 0.25) is 0 Å². The molecule has 1 aliphatic heterocycles. The highest BCUT2D eigenvalue weighted by Crippen LogP contribution is 2.34. The zero-order chi connectivity index (χ0) is 23.9. The minimum absolute atomic E-state index is 0.264. The van der Waals surface area contributed by atoms with Gasteiger partial charge in [-0.2, -0.15) is 10.2 Å². The van der Waals surface area contributed by atoms with Gasteiger partial charge in [0.1, 0.15) is 5.60 Å². The van der Waals surface area contributed by atoms with Crippen LogP contribution in [-0.4, -0.2) is 49.1 Å². The van der Waals surface area contributed by atoms with Crippen molar-refractivity contribution in [2.45, 2.75) is 32.8 Å². The summed E-state index contributed by atoms with van der Waals surface area (Å²) in [5, 5.41) is 8.88. The Balaban J connectivity index is 1.44. The van der Waals surface area contributed by atoms with Crippen LogP contribution in [0.3, 0.4) is 0 Å². The molecule has 7 nitrogen and oxygen atoms in total. The van der Waals surface area contributed by atoms with E-state index in [4.69, 9.17) is 4.74 Å². The van der Waals surface area contributed by atoms with Gasteiger partial charge in [-0.05, 0) is 50.0 Å². The number of hydrogen-bond acceptors (Lipinski definition) is 4. The van der Waals surface area contributed by atoms with Crippen molar-refractivity contribution >= 4 is 17.2 Å². The van der Waals surface area contributed by atoms with E-state index in [1.807, 2.05) is 67.9 Å². The van der Waals surface area contributed by atoms with Crippen LogP contribution in [0.1, 0.15) is 32.8 Å². The lowest BCUT2D eigenvalue weighted by Gasteiger charge is -2.29. The fraction of sp³-hybridized carbons (Fsp3) is 0.296. The number of aryl methyl sites for hydroxylation is 1. The maximum atomic E-state index is 12.5. The zero-order valence-electron chi connectivity index (χ0n) is 20.0. The highest BCUT2D eigenvalue weighted by atomic mass is 16.6. The predicted molar refractivity (Wildman–Crippen MR) is 133 cm³/mol. The number of pyridine rings is 1. The van der Waals surface area contributed by atoms with Crippen LogP contribution in [-0.2, 0) is 11.8 Å². The van der Waals surface area contributed by atoms with Gasteiger partial charge >= 0.3 is 6.09 Å². The summed E-state index contributed by atoms with van der Waals surface area (Å²) in [7, 11) is 1.92. The Bertz CT molecular complexity index is 1370. The van der Waals surface area contributed by atoms with Crippen molar-refractivity contribution in [3.05, 3.63) is 72.8 Å². The van der Waals surface area contributed by atoms with Crippen molar-refractivity contribution in [1.29, 1.82) is 0 Å². The molecule has 1 aliphatic rings. The molecule has 0 atom stereocenters. The predicted octanol–water partition coefficient (Wildman–Crippen LogP) is 5.43. The Kier molecular flexibility index (Phi) is 5.48. The molecule has 0 saturated carbocycles. The molecule has 7 heteroatoms. The Morgan fingerprint density at radius 2 is 1.74 bits per heavy atom. The number of amides is 1. The van der Waals surface area contributed by atoms with Crippen molar-refractivity contribution in [1.82, 2.24) is 24.3 Å². The summed E-state index contributed by atoms with van der Waals surface area (Å²) >= 11 is 0. The van der Waals surface area contributed by atoms with Gasteiger partial charge in [0.25, 0.3) is 0 Å². The summed E-state index contributed by atoms with van der Waals surface area (Å²) in [6.07, 6.45) is 10.4. The van der Waals surface area contributed by atoms with Gasteiger partial charge in [0.15, 0.2) is 0 Å². The molecule has 0 saturated heterocycles. The second-order valence-electron chi connectivity index (χ2n) is 9.66. The van der Waals surface area contributed by atoms with Crippen molar-refractivity contribution in [2.24, 2.45) is 7.05 Å². The SMILES string of the molecule is Cn1cc(-c2ccc(-c3cnn4cccc(C5=CCN(C(=O)OC(C)(C)C)CC5)c34)cc2)cn1. The molecule has 0 fully saturated rings. The molecule has 1 aromatic carbocycles. The average molecular weight is 456 g/mol. The van der Waals surface area contributed by atoms with E-state index in [2.05, 4.69) is 46.6 Å². The third-order valence-corrected chi connectivity index (χ3v) is 5.98. The van der Waals surface area contributed by atoms with E-state index in [1.54, 1.807) is 4.90 Å². The van der Waals surface area contributed by atoms with Gasteiger partial charge in [-0.25, -0.2) is 9.31 Å². The van der Waals surface area contributed by atoms with E-state index in [1.165, 1.54) is 5.57 Å². The number of carbonyl (C=O) groups is 1. The van der Waals surface area contributed by atoms with Crippen LogP contribution in [0.5, 0.6) is 0 Å². The largest absolute Gasteiger partial charge is 0.444 e. The molecule has 4 heterocycles.